The number of carboxylic acid groups (broad SMARTS) is 1. The molecule has 14 heteroatoms. The standard InChI is InChI=1S/C26H27ClFN5O6S/c1-14-15(26(35)36)6-7-16(22(14)28)23-24-17(29-20-5-3-4-11-32(20)24)10-12-33(23)21(34)13-39-18-8-9-19(30-25(18)27)31-40(2,37)38/h6-9,23H,3-5,10-13H2,1-2H3,(H,30,31)(H,35,36). The predicted molar refractivity (Wildman–Crippen MR) is 144 cm³/mol. The lowest BCUT2D eigenvalue weighted by atomic mass is 9.91. The van der Waals surface area contributed by atoms with Crippen LogP contribution in [0.4, 0.5) is 10.2 Å². The fourth-order valence-electron chi connectivity index (χ4n) is 5.29. The normalized spacial score (nSPS) is 16.7. The number of rotatable bonds is 7. The SMILES string of the molecule is Cc1c(C(=O)O)ccc(C2c3c(nc4n3CCCC4)CCN2C(=O)COc2ccc(NS(C)(=O)=O)nc2Cl)c1F. The quantitative estimate of drug-likeness (QED) is 0.398. The molecule has 0 fully saturated rings. The van der Waals surface area contributed by atoms with Crippen molar-refractivity contribution in [1.82, 2.24) is 19.4 Å². The smallest absolute Gasteiger partial charge is 0.336 e. The molecule has 2 aliphatic heterocycles. The highest BCUT2D eigenvalue weighted by molar-refractivity contribution is 7.92. The fraction of sp³-hybridized carbons (Fsp3) is 0.385. The molecule has 40 heavy (non-hydrogen) atoms. The summed E-state index contributed by atoms with van der Waals surface area (Å²) in [5.41, 5.74) is 1.55. The number of halogens is 2. The summed E-state index contributed by atoms with van der Waals surface area (Å²) in [7, 11) is -3.56. The molecule has 1 amide bonds. The summed E-state index contributed by atoms with van der Waals surface area (Å²) in [4.78, 5) is 35.5. The Kier molecular flexibility index (Phi) is 7.44. The number of benzene rings is 1. The number of nitrogens with one attached hydrogen (secondary N) is 1. The van der Waals surface area contributed by atoms with Crippen LogP contribution in [0.15, 0.2) is 24.3 Å². The second kappa shape index (κ2) is 10.7. The predicted octanol–water partition coefficient (Wildman–Crippen LogP) is 3.34. The molecule has 2 aliphatic rings. The Balaban J connectivity index is 1.48. The summed E-state index contributed by atoms with van der Waals surface area (Å²) in [6, 6.07) is 4.68. The highest BCUT2D eigenvalue weighted by Gasteiger charge is 2.39. The molecular weight excluding hydrogens is 565 g/mol. The summed E-state index contributed by atoms with van der Waals surface area (Å²) < 4.78 is 48.6. The minimum atomic E-state index is -3.56. The van der Waals surface area contributed by atoms with Crippen LogP contribution in [0.1, 0.15) is 57.6 Å². The summed E-state index contributed by atoms with van der Waals surface area (Å²) in [5.74, 6) is -1.42. The van der Waals surface area contributed by atoms with E-state index < -0.39 is 40.4 Å². The molecule has 2 N–H and O–H groups in total. The zero-order chi connectivity index (χ0) is 28.8. The van der Waals surface area contributed by atoms with Gasteiger partial charge in [0.25, 0.3) is 5.91 Å². The molecule has 0 bridgehead atoms. The molecule has 5 rings (SSSR count). The van der Waals surface area contributed by atoms with E-state index in [2.05, 4.69) is 14.3 Å². The van der Waals surface area contributed by atoms with Crippen LogP contribution in [0.3, 0.4) is 0 Å². The number of carbonyl (C=O) groups is 2. The Hall–Kier alpha value is -3.71. The van der Waals surface area contributed by atoms with E-state index in [1.807, 2.05) is 0 Å². The van der Waals surface area contributed by atoms with Gasteiger partial charge >= 0.3 is 5.97 Å². The van der Waals surface area contributed by atoms with E-state index in [1.54, 1.807) is 0 Å². The number of amides is 1. The summed E-state index contributed by atoms with van der Waals surface area (Å²) in [6.07, 6.45) is 4.15. The molecule has 0 aliphatic carbocycles. The van der Waals surface area contributed by atoms with Gasteiger partial charge in [-0.1, -0.05) is 17.7 Å². The van der Waals surface area contributed by atoms with Gasteiger partial charge in [0.05, 0.1) is 23.2 Å². The van der Waals surface area contributed by atoms with Crippen molar-refractivity contribution in [2.75, 3.05) is 24.1 Å². The van der Waals surface area contributed by atoms with Gasteiger partial charge in [0.2, 0.25) is 10.0 Å². The number of fused-ring (bicyclic) bond motifs is 3. The number of pyridine rings is 1. The third-order valence-corrected chi connectivity index (χ3v) is 7.92. The first kappa shape index (κ1) is 27.8. The lowest BCUT2D eigenvalue weighted by Crippen LogP contribution is -2.44. The van der Waals surface area contributed by atoms with Gasteiger partial charge in [-0.2, -0.15) is 0 Å². The Morgan fingerprint density at radius 1 is 1.18 bits per heavy atom. The number of aryl methyl sites for hydroxylation is 1. The lowest BCUT2D eigenvalue weighted by molar-refractivity contribution is -0.135. The Morgan fingerprint density at radius 2 is 1.95 bits per heavy atom. The van der Waals surface area contributed by atoms with Gasteiger partial charge in [0.1, 0.15) is 23.5 Å². The molecule has 1 aromatic carbocycles. The fourth-order valence-corrected chi connectivity index (χ4v) is 5.99. The highest BCUT2D eigenvalue weighted by atomic mass is 35.5. The number of sulfonamides is 1. The van der Waals surface area contributed by atoms with E-state index in [4.69, 9.17) is 21.3 Å². The molecule has 3 aromatic rings. The molecule has 1 atom stereocenters. The zero-order valence-corrected chi connectivity index (χ0v) is 23.4. The van der Waals surface area contributed by atoms with Gasteiger partial charge in [-0.05, 0) is 43.5 Å². The van der Waals surface area contributed by atoms with Gasteiger partial charge in [-0.25, -0.2) is 27.6 Å². The minimum Gasteiger partial charge on any atom is -0.481 e. The van der Waals surface area contributed by atoms with E-state index >= 15 is 4.39 Å². The van der Waals surface area contributed by atoms with Crippen molar-refractivity contribution >= 4 is 39.3 Å². The molecule has 0 saturated heterocycles. The third kappa shape index (κ3) is 5.35. The van der Waals surface area contributed by atoms with Crippen LogP contribution >= 0.6 is 11.6 Å². The van der Waals surface area contributed by atoms with Crippen molar-refractivity contribution in [2.45, 2.75) is 45.2 Å². The van der Waals surface area contributed by atoms with Crippen molar-refractivity contribution < 1.29 is 32.2 Å². The van der Waals surface area contributed by atoms with Crippen LogP contribution in [-0.2, 0) is 34.2 Å². The maximum absolute atomic E-state index is 15.8. The van der Waals surface area contributed by atoms with Crippen molar-refractivity contribution in [3.05, 3.63) is 69.1 Å². The highest BCUT2D eigenvalue weighted by Crippen LogP contribution is 2.39. The van der Waals surface area contributed by atoms with Crippen molar-refractivity contribution in [3.63, 3.8) is 0 Å². The maximum Gasteiger partial charge on any atom is 0.336 e. The van der Waals surface area contributed by atoms with Gasteiger partial charge in [-0.3, -0.25) is 9.52 Å². The van der Waals surface area contributed by atoms with Crippen LogP contribution in [0.2, 0.25) is 5.15 Å². The number of aromatic carboxylic acids is 1. The first-order valence-electron chi connectivity index (χ1n) is 12.6. The van der Waals surface area contributed by atoms with Crippen molar-refractivity contribution in [3.8, 4) is 5.75 Å². The number of ether oxygens (including phenoxy) is 1. The van der Waals surface area contributed by atoms with E-state index in [-0.39, 0.29) is 40.0 Å². The topological polar surface area (TPSA) is 144 Å². The average Bonchev–Trinajstić information content (AvgIpc) is 3.27. The third-order valence-electron chi connectivity index (χ3n) is 7.07. The van der Waals surface area contributed by atoms with Crippen molar-refractivity contribution in [1.29, 1.82) is 0 Å². The molecule has 11 nitrogen and oxygen atoms in total. The average molecular weight is 592 g/mol. The number of anilines is 1. The zero-order valence-electron chi connectivity index (χ0n) is 21.8. The van der Waals surface area contributed by atoms with Crippen LogP contribution in [-0.4, -0.2) is 64.2 Å². The Morgan fingerprint density at radius 3 is 2.65 bits per heavy atom. The molecule has 0 saturated carbocycles. The molecule has 1 unspecified atom stereocenters. The first-order chi connectivity index (χ1) is 18.9. The van der Waals surface area contributed by atoms with E-state index in [9.17, 15) is 23.1 Å². The molecule has 0 radical (unpaired) electrons. The largest absolute Gasteiger partial charge is 0.481 e. The molecule has 2 aromatic heterocycles. The molecular formula is C26H27ClFN5O6S. The first-order valence-corrected chi connectivity index (χ1v) is 14.9. The maximum atomic E-state index is 15.8. The second-order valence-electron chi connectivity index (χ2n) is 9.80. The number of imidazole rings is 1. The van der Waals surface area contributed by atoms with Crippen LogP contribution in [0.25, 0.3) is 0 Å². The number of aromatic nitrogens is 3. The number of carbonyl (C=O) groups excluding carboxylic acids is 1. The Labute approximate surface area is 235 Å². The summed E-state index contributed by atoms with van der Waals surface area (Å²) in [5, 5.41) is 9.33. The number of carboxylic acids is 1. The van der Waals surface area contributed by atoms with E-state index in [0.717, 1.165) is 42.7 Å². The lowest BCUT2D eigenvalue weighted by Gasteiger charge is -2.37. The number of hydrogen-bond donors (Lipinski definition) is 2. The van der Waals surface area contributed by atoms with Gasteiger partial charge < -0.3 is 19.3 Å². The van der Waals surface area contributed by atoms with Gasteiger partial charge in [-0.15, -0.1) is 0 Å². The molecule has 4 heterocycles. The van der Waals surface area contributed by atoms with Crippen LogP contribution in [0.5, 0.6) is 5.75 Å². The van der Waals surface area contributed by atoms with E-state index in [1.165, 1.54) is 36.1 Å². The number of nitrogens with zero attached hydrogens (tertiary/aromatic N) is 4. The van der Waals surface area contributed by atoms with Crippen LogP contribution < -0.4 is 9.46 Å². The van der Waals surface area contributed by atoms with Crippen molar-refractivity contribution in [2.24, 2.45) is 0 Å². The van der Waals surface area contributed by atoms with Crippen LogP contribution in [0, 0.1) is 12.7 Å². The number of hydrogen-bond acceptors (Lipinski definition) is 7. The Bertz CT molecular complexity index is 1630. The monoisotopic (exact) mass is 591 g/mol. The van der Waals surface area contributed by atoms with E-state index in [0.29, 0.717) is 13.0 Å². The minimum absolute atomic E-state index is 0.00374. The molecule has 0 spiro atoms. The van der Waals surface area contributed by atoms with Gasteiger partial charge in [0.15, 0.2) is 17.5 Å². The summed E-state index contributed by atoms with van der Waals surface area (Å²) in [6.45, 7) is 1.90. The second-order valence-corrected chi connectivity index (χ2v) is 11.9. The molecule has 212 valence electrons. The van der Waals surface area contributed by atoms with Gasteiger partial charge in [0, 0.05) is 31.5 Å². The summed E-state index contributed by atoms with van der Waals surface area (Å²) >= 11 is 6.16.